The highest BCUT2D eigenvalue weighted by atomic mass is 16.4. The normalized spacial score (nSPS) is 11.4. The van der Waals surface area contributed by atoms with Crippen molar-refractivity contribution in [1.29, 1.82) is 0 Å². The third-order valence-electron chi connectivity index (χ3n) is 4.36. The summed E-state index contributed by atoms with van der Waals surface area (Å²) in [5.74, 6) is -1.09. The molecule has 152 valence electrons. The van der Waals surface area contributed by atoms with Gasteiger partial charge in [-0.2, -0.15) is 0 Å². The van der Waals surface area contributed by atoms with E-state index in [0.717, 1.165) is 18.7 Å². The number of nitrogens with zero attached hydrogens (tertiary/aromatic N) is 2. The summed E-state index contributed by atoms with van der Waals surface area (Å²) in [6.07, 6.45) is 2.97. The average Bonchev–Trinajstić information content (AvgIpc) is 2.70. The molecule has 0 aliphatic rings. The number of nitrogen functional groups attached to an aromatic ring is 1. The van der Waals surface area contributed by atoms with Crippen LogP contribution in [0.3, 0.4) is 0 Å². The molecule has 6 heteroatoms. The minimum Gasteiger partial charge on any atom is -0.507 e. The molecular weight excluding hydrogens is 366 g/mol. The van der Waals surface area contributed by atoms with Crippen molar-refractivity contribution in [2.75, 3.05) is 26.4 Å². The highest BCUT2D eigenvalue weighted by Crippen LogP contribution is 2.26. The molecule has 29 heavy (non-hydrogen) atoms. The molecule has 2 aromatic carbocycles. The van der Waals surface area contributed by atoms with Crippen molar-refractivity contribution in [3.63, 3.8) is 0 Å². The molecule has 4 N–H and O–H groups in total. The van der Waals surface area contributed by atoms with Crippen LogP contribution in [0.15, 0.2) is 72.9 Å². The Morgan fingerprint density at radius 3 is 2.31 bits per heavy atom. The van der Waals surface area contributed by atoms with Crippen LogP contribution in [-0.4, -0.2) is 46.7 Å². The van der Waals surface area contributed by atoms with Crippen LogP contribution in [0.4, 0.5) is 5.69 Å². The molecule has 1 atom stereocenters. The molecule has 6 nitrogen and oxygen atoms in total. The molecule has 1 aromatic heterocycles. The fraction of sp³-hybridized carbons (Fsp3) is 0.217. The summed E-state index contributed by atoms with van der Waals surface area (Å²) < 4.78 is 0. The van der Waals surface area contributed by atoms with Crippen LogP contribution in [0, 0.1) is 0 Å². The van der Waals surface area contributed by atoms with Gasteiger partial charge in [0.15, 0.2) is 0 Å². The number of anilines is 1. The van der Waals surface area contributed by atoms with Crippen molar-refractivity contribution < 1.29 is 15.0 Å². The lowest BCUT2D eigenvalue weighted by molar-refractivity contribution is 0.0694. The predicted molar refractivity (Wildman–Crippen MR) is 115 cm³/mol. The standard InChI is InChI=1S/C16H20N2.C7H7NO3/c1-18(2)13-11-15(14-8-4-3-5-9-14)16-10-6-7-12-17-16;8-4-1-2-5(7(10)11)6(9)3-4/h3-10,12,15H,11,13H2,1-2H3;1-3,9H,8H2,(H,10,11). The van der Waals surface area contributed by atoms with Gasteiger partial charge in [0, 0.05) is 29.6 Å². The summed E-state index contributed by atoms with van der Waals surface area (Å²) in [6.45, 7) is 1.07. The first-order valence-electron chi connectivity index (χ1n) is 9.31. The maximum Gasteiger partial charge on any atom is 0.339 e. The zero-order valence-corrected chi connectivity index (χ0v) is 16.7. The number of hydrogen-bond acceptors (Lipinski definition) is 5. The lowest BCUT2D eigenvalue weighted by Gasteiger charge is -2.19. The maximum atomic E-state index is 10.3. The summed E-state index contributed by atoms with van der Waals surface area (Å²) in [5.41, 5.74) is 7.98. The second kappa shape index (κ2) is 10.8. The first kappa shape index (κ1) is 21.9. The third-order valence-corrected chi connectivity index (χ3v) is 4.36. The van der Waals surface area contributed by atoms with Gasteiger partial charge in [0.2, 0.25) is 0 Å². The highest BCUT2D eigenvalue weighted by molar-refractivity contribution is 5.91. The molecular formula is C23H27N3O3. The predicted octanol–water partition coefficient (Wildman–Crippen LogP) is 3.84. The number of nitrogens with two attached hydrogens (primary N) is 1. The van der Waals surface area contributed by atoms with Gasteiger partial charge in [0.05, 0.1) is 0 Å². The number of pyridine rings is 1. The van der Waals surface area contributed by atoms with Gasteiger partial charge in [-0.05, 0) is 56.9 Å². The smallest absolute Gasteiger partial charge is 0.339 e. The van der Waals surface area contributed by atoms with Crippen LogP contribution < -0.4 is 5.73 Å². The summed E-state index contributed by atoms with van der Waals surface area (Å²) in [5, 5.41) is 17.5. The summed E-state index contributed by atoms with van der Waals surface area (Å²) in [4.78, 5) is 17.1. The number of benzene rings is 2. The van der Waals surface area contributed by atoms with E-state index in [-0.39, 0.29) is 11.3 Å². The molecule has 3 aromatic rings. The first-order valence-corrected chi connectivity index (χ1v) is 9.31. The highest BCUT2D eigenvalue weighted by Gasteiger charge is 2.15. The first-order chi connectivity index (χ1) is 13.9. The molecule has 1 heterocycles. The van der Waals surface area contributed by atoms with Gasteiger partial charge in [-0.25, -0.2) is 4.79 Å². The number of aromatic hydroxyl groups is 1. The number of aromatic nitrogens is 1. The molecule has 0 radical (unpaired) electrons. The molecule has 0 aliphatic carbocycles. The third kappa shape index (κ3) is 6.93. The number of hydrogen-bond donors (Lipinski definition) is 3. The van der Waals surface area contributed by atoms with E-state index >= 15 is 0 Å². The van der Waals surface area contributed by atoms with Crippen molar-refractivity contribution in [2.24, 2.45) is 0 Å². The van der Waals surface area contributed by atoms with E-state index in [9.17, 15) is 4.79 Å². The van der Waals surface area contributed by atoms with Gasteiger partial charge in [-0.15, -0.1) is 0 Å². The minimum atomic E-state index is -1.16. The molecule has 0 spiro atoms. The van der Waals surface area contributed by atoms with Crippen molar-refractivity contribution in [3.05, 3.63) is 89.7 Å². The Kier molecular flexibility index (Phi) is 8.18. The maximum absolute atomic E-state index is 10.3. The Morgan fingerprint density at radius 1 is 1.07 bits per heavy atom. The molecule has 0 amide bonds. The largest absolute Gasteiger partial charge is 0.507 e. The van der Waals surface area contributed by atoms with Crippen molar-refractivity contribution in [1.82, 2.24) is 9.88 Å². The van der Waals surface area contributed by atoms with Crippen LogP contribution >= 0.6 is 0 Å². The Balaban J connectivity index is 0.000000234. The van der Waals surface area contributed by atoms with Gasteiger partial charge in [-0.1, -0.05) is 36.4 Å². The number of aromatic carboxylic acids is 1. The van der Waals surface area contributed by atoms with Crippen molar-refractivity contribution in [2.45, 2.75) is 12.3 Å². The summed E-state index contributed by atoms with van der Waals surface area (Å²) in [6, 6.07) is 20.7. The topological polar surface area (TPSA) is 99.7 Å². The fourth-order valence-electron chi connectivity index (χ4n) is 2.87. The van der Waals surface area contributed by atoms with Crippen molar-refractivity contribution in [3.8, 4) is 5.75 Å². The number of rotatable bonds is 6. The number of phenols is 1. The monoisotopic (exact) mass is 393 g/mol. The van der Waals surface area contributed by atoms with Crippen molar-refractivity contribution >= 4 is 11.7 Å². The second-order valence-electron chi connectivity index (χ2n) is 6.89. The molecule has 0 saturated heterocycles. The van der Waals surface area contributed by atoms with E-state index < -0.39 is 5.97 Å². The van der Waals surface area contributed by atoms with Gasteiger partial charge in [-0.3, -0.25) is 4.98 Å². The second-order valence-corrected chi connectivity index (χ2v) is 6.89. The summed E-state index contributed by atoms with van der Waals surface area (Å²) in [7, 11) is 4.22. The van der Waals surface area contributed by atoms with E-state index in [1.165, 1.54) is 23.8 Å². The average molecular weight is 393 g/mol. The molecule has 0 bridgehead atoms. The van der Waals surface area contributed by atoms with E-state index in [4.69, 9.17) is 15.9 Å². The fourth-order valence-corrected chi connectivity index (χ4v) is 2.87. The van der Waals surface area contributed by atoms with E-state index in [0.29, 0.717) is 11.6 Å². The molecule has 0 fully saturated rings. The van der Waals surface area contributed by atoms with Crippen LogP contribution in [0.1, 0.15) is 34.0 Å². The Bertz CT molecular complexity index is 860. The number of carboxylic acids is 1. The lowest BCUT2D eigenvalue weighted by Crippen LogP contribution is -2.17. The van der Waals surface area contributed by atoms with Gasteiger partial charge in [0.1, 0.15) is 11.3 Å². The SMILES string of the molecule is CN(C)CCC(c1ccccc1)c1ccccn1.Nc1ccc(C(=O)O)c(O)c1. The Hall–Kier alpha value is -3.38. The Labute approximate surface area is 171 Å². The number of carbonyl (C=O) groups is 1. The molecule has 0 aliphatic heterocycles. The number of carboxylic acid groups (broad SMARTS) is 1. The molecule has 3 rings (SSSR count). The summed E-state index contributed by atoms with van der Waals surface area (Å²) >= 11 is 0. The van der Waals surface area contributed by atoms with Crippen LogP contribution in [0.25, 0.3) is 0 Å². The van der Waals surface area contributed by atoms with Gasteiger partial charge >= 0.3 is 5.97 Å². The van der Waals surface area contributed by atoms with Crippen LogP contribution in [0.2, 0.25) is 0 Å². The lowest BCUT2D eigenvalue weighted by atomic mass is 9.92. The van der Waals surface area contributed by atoms with E-state index in [1.807, 2.05) is 12.3 Å². The zero-order valence-electron chi connectivity index (χ0n) is 16.7. The van der Waals surface area contributed by atoms with Crippen LogP contribution in [0.5, 0.6) is 5.75 Å². The molecule has 0 saturated carbocycles. The Morgan fingerprint density at radius 2 is 1.76 bits per heavy atom. The van der Waals surface area contributed by atoms with E-state index in [2.05, 4.69) is 66.4 Å². The van der Waals surface area contributed by atoms with Gasteiger partial charge in [0.25, 0.3) is 0 Å². The minimum absolute atomic E-state index is 0.140. The van der Waals surface area contributed by atoms with E-state index in [1.54, 1.807) is 0 Å². The van der Waals surface area contributed by atoms with Gasteiger partial charge < -0.3 is 20.8 Å². The molecule has 1 unspecified atom stereocenters. The quantitative estimate of drug-likeness (QED) is 0.550. The zero-order chi connectivity index (χ0) is 21.2. The van der Waals surface area contributed by atoms with Crippen LogP contribution in [-0.2, 0) is 0 Å².